The lowest BCUT2D eigenvalue weighted by molar-refractivity contribution is -0.889. The summed E-state index contributed by atoms with van der Waals surface area (Å²) in [6, 6.07) is -0.462. The van der Waals surface area contributed by atoms with Crippen LogP contribution in [0.4, 0.5) is 0 Å². The van der Waals surface area contributed by atoms with Crippen molar-refractivity contribution < 1.29 is 14.4 Å². The Balaban J connectivity index is 4.56. The van der Waals surface area contributed by atoms with Gasteiger partial charge in [0.05, 0.1) is 27.1 Å². The molecular weight excluding hydrogens is 166 g/mol. The summed E-state index contributed by atoms with van der Waals surface area (Å²) in [5, 5.41) is 10.8. The Labute approximate surface area is 80.3 Å². The van der Waals surface area contributed by atoms with Gasteiger partial charge in [0.15, 0.2) is 0 Å². The molecule has 1 unspecified atom stereocenters. The Morgan fingerprint density at radius 1 is 1.46 bits per heavy atom. The highest BCUT2D eigenvalue weighted by Gasteiger charge is 2.24. The largest absolute Gasteiger partial charge is 0.544 e. The Kier molecular flexibility index (Phi) is 4.14. The Bertz CT molecular complexity index is 213. The number of carbonyl (C=O) groups is 1. The van der Waals surface area contributed by atoms with Gasteiger partial charge < -0.3 is 14.4 Å². The molecule has 0 amide bonds. The molecule has 0 N–H and O–H groups in total. The molecular formula is C10H19NO2. The number of nitrogens with zero attached hydrogens (tertiary/aromatic N) is 1. The number of carbonyl (C=O) groups excluding carboxylic acids is 1. The van der Waals surface area contributed by atoms with Gasteiger partial charge in [-0.3, -0.25) is 0 Å². The summed E-state index contributed by atoms with van der Waals surface area (Å²) >= 11 is 0. The molecule has 0 aromatic heterocycles. The molecule has 0 fully saturated rings. The molecule has 0 spiro atoms. The van der Waals surface area contributed by atoms with Crippen LogP contribution in [0.1, 0.15) is 20.3 Å². The van der Waals surface area contributed by atoms with Gasteiger partial charge in [0.2, 0.25) is 0 Å². The van der Waals surface area contributed by atoms with E-state index in [-0.39, 0.29) is 0 Å². The van der Waals surface area contributed by atoms with Gasteiger partial charge in [-0.25, -0.2) is 0 Å². The van der Waals surface area contributed by atoms with Crippen LogP contribution in [-0.2, 0) is 4.79 Å². The lowest BCUT2D eigenvalue weighted by atomic mass is 10.1. The molecule has 1 atom stereocenters. The second-order valence-corrected chi connectivity index (χ2v) is 4.29. The number of carboxylic acid groups (broad SMARTS) is 1. The van der Waals surface area contributed by atoms with Crippen LogP contribution in [0.25, 0.3) is 0 Å². The minimum atomic E-state index is -0.978. The van der Waals surface area contributed by atoms with Gasteiger partial charge in [-0.1, -0.05) is 11.6 Å². The number of hydrogen-bond acceptors (Lipinski definition) is 2. The molecule has 3 nitrogen and oxygen atoms in total. The van der Waals surface area contributed by atoms with Crippen LogP contribution in [0, 0.1) is 0 Å². The van der Waals surface area contributed by atoms with Crippen LogP contribution in [0.15, 0.2) is 11.6 Å². The van der Waals surface area contributed by atoms with E-state index in [0.29, 0.717) is 10.9 Å². The minimum absolute atomic E-state index is 0.396. The van der Waals surface area contributed by atoms with Crippen molar-refractivity contribution in [2.45, 2.75) is 26.3 Å². The predicted molar refractivity (Wildman–Crippen MR) is 50.9 cm³/mol. The van der Waals surface area contributed by atoms with Gasteiger partial charge in [-0.05, 0) is 13.8 Å². The maximum atomic E-state index is 10.8. The van der Waals surface area contributed by atoms with Gasteiger partial charge in [-0.2, -0.15) is 0 Å². The van der Waals surface area contributed by atoms with Crippen LogP contribution in [0.3, 0.4) is 0 Å². The number of hydrogen-bond donors (Lipinski definition) is 0. The van der Waals surface area contributed by atoms with E-state index < -0.39 is 12.0 Å². The average molecular weight is 185 g/mol. The summed E-state index contributed by atoms with van der Waals surface area (Å²) in [6.07, 6.45) is 2.49. The monoisotopic (exact) mass is 185 g/mol. The Morgan fingerprint density at radius 2 is 1.92 bits per heavy atom. The topological polar surface area (TPSA) is 40.1 Å². The number of likely N-dealkylation sites (N-methyl/N-ethyl adjacent to an activating group) is 1. The van der Waals surface area contributed by atoms with E-state index in [9.17, 15) is 9.90 Å². The summed E-state index contributed by atoms with van der Waals surface area (Å²) in [5.41, 5.74) is 1.09. The molecule has 76 valence electrons. The summed E-state index contributed by atoms with van der Waals surface area (Å²) in [4.78, 5) is 10.8. The molecule has 3 heteroatoms. The van der Waals surface area contributed by atoms with Gasteiger partial charge in [0.25, 0.3) is 0 Å². The van der Waals surface area contributed by atoms with Crippen LogP contribution in [0.5, 0.6) is 0 Å². The number of allylic oxidation sites excluding steroid dienone is 1. The summed E-state index contributed by atoms with van der Waals surface area (Å²) in [7, 11) is 5.59. The van der Waals surface area contributed by atoms with Crippen molar-refractivity contribution in [1.29, 1.82) is 0 Å². The fraction of sp³-hybridized carbons (Fsp3) is 0.700. The first-order valence-electron chi connectivity index (χ1n) is 4.42. The van der Waals surface area contributed by atoms with Crippen LogP contribution in [-0.4, -0.2) is 37.6 Å². The molecule has 13 heavy (non-hydrogen) atoms. The van der Waals surface area contributed by atoms with Crippen molar-refractivity contribution in [2.24, 2.45) is 0 Å². The fourth-order valence-electron chi connectivity index (χ4n) is 1.10. The van der Waals surface area contributed by atoms with E-state index in [1.807, 2.05) is 41.1 Å². The van der Waals surface area contributed by atoms with E-state index in [0.717, 1.165) is 5.57 Å². The summed E-state index contributed by atoms with van der Waals surface area (Å²) in [6.45, 7) is 3.85. The van der Waals surface area contributed by atoms with Crippen molar-refractivity contribution in [3.05, 3.63) is 11.6 Å². The zero-order valence-corrected chi connectivity index (χ0v) is 9.13. The summed E-state index contributed by atoms with van der Waals surface area (Å²) in [5.74, 6) is -0.978. The molecule has 0 radical (unpaired) electrons. The highest BCUT2D eigenvalue weighted by molar-refractivity contribution is 5.70. The fourth-order valence-corrected chi connectivity index (χ4v) is 1.10. The minimum Gasteiger partial charge on any atom is -0.544 e. The third kappa shape index (κ3) is 4.08. The molecule has 0 aliphatic heterocycles. The van der Waals surface area contributed by atoms with Crippen LogP contribution >= 0.6 is 0 Å². The quantitative estimate of drug-likeness (QED) is 0.462. The first-order chi connectivity index (χ1) is 5.79. The highest BCUT2D eigenvalue weighted by Crippen LogP contribution is 2.12. The van der Waals surface area contributed by atoms with Crippen LogP contribution in [0.2, 0.25) is 0 Å². The number of quaternary nitrogens is 1. The van der Waals surface area contributed by atoms with Crippen molar-refractivity contribution >= 4 is 5.97 Å². The van der Waals surface area contributed by atoms with E-state index >= 15 is 0 Å². The van der Waals surface area contributed by atoms with E-state index in [1.54, 1.807) is 0 Å². The van der Waals surface area contributed by atoms with Crippen molar-refractivity contribution in [3.63, 3.8) is 0 Å². The third-order valence-corrected chi connectivity index (χ3v) is 2.22. The number of carboxylic acids is 1. The number of rotatable bonds is 4. The van der Waals surface area contributed by atoms with E-state index in [4.69, 9.17) is 0 Å². The second kappa shape index (κ2) is 4.42. The van der Waals surface area contributed by atoms with Gasteiger partial charge in [-0.15, -0.1) is 0 Å². The first kappa shape index (κ1) is 12.2. The molecule has 0 saturated carbocycles. The molecule has 0 heterocycles. The smallest absolute Gasteiger partial charge is 0.132 e. The van der Waals surface area contributed by atoms with Crippen molar-refractivity contribution in [1.82, 2.24) is 0 Å². The predicted octanol–water partition coefficient (Wildman–Crippen LogP) is 0.167. The molecule has 0 bridgehead atoms. The lowest BCUT2D eigenvalue weighted by Crippen LogP contribution is -2.54. The molecule has 0 aromatic rings. The van der Waals surface area contributed by atoms with Crippen molar-refractivity contribution in [2.75, 3.05) is 21.1 Å². The molecule has 0 rings (SSSR count). The Hall–Kier alpha value is -0.830. The van der Waals surface area contributed by atoms with Gasteiger partial charge in [0, 0.05) is 6.42 Å². The average Bonchev–Trinajstić information content (AvgIpc) is 1.96. The molecule has 0 aliphatic carbocycles. The maximum Gasteiger partial charge on any atom is 0.132 e. The maximum absolute atomic E-state index is 10.8. The zero-order chi connectivity index (χ0) is 10.6. The molecule has 0 aromatic carbocycles. The van der Waals surface area contributed by atoms with Gasteiger partial charge in [0.1, 0.15) is 6.04 Å². The van der Waals surface area contributed by atoms with E-state index in [2.05, 4.69) is 0 Å². The number of aliphatic carboxylic acids is 1. The Morgan fingerprint density at radius 3 is 2.15 bits per heavy atom. The van der Waals surface area contributed by atoms with E-state index in [1.165, 1.54) is 0 Å². The van der Waals surface area contributed by atoms with Gasteiger partial charge >= 0.3 is 0 Å². The standard InChI is InChI=1S/C10H19NO2/c1-6-8(2)7-9(10(12)13)11(3,4)5/h6,9H,7H2,1-5H3. The summed E-state index contributed by atoms with van der Waals surface area (Å²) < 4.78 is 0.396. The molecule has 0 aliphatic rings. The SMILES string of the molecule is CC=C(C)CC(C(=O)[O-])[N+](C)(C)C. The van der Waals surface area contributed by atoms with Crippen LogP contribution < -0.4 is 5.11 Å². The van der Waals surface area contributed by atoms with Crippen molar-refractivity contribution in [3.8, 4) is 0 Å². The third-order valence-electron chi connectivity index (χ3n) is 2.22. The highest BCUT2D eigenvalue weighted by atomic mass is 16.4. The second-order valence-electron chi connectivity index (χ2n) is 4.29. The normalized spacial score (nSPS) is 15.6. The lowest BCUT2D eigenvalue weighted by Gasteiger charge is -2.34. The molecule has 0 saturated heterocycles. The zero-order valence-electron chi connectivity index (χ0n) is 9.13. The first-order valence-corrected chi connectivity index (χ1v) is 4.42.